The molecule has 0 bridgehead atoms. The molecule has 1 aromatic carbocycles. The van der Waals surface area contributed by atoms with Crippen LogP contribution in [0.5, 0.6) is 0 Å². The maximum atomic E-state index is 10.3. The van der Waals surface area contributed by atoms with Crippen LogP contribution in [0, 0.1) is 32.8 Å². The highest BCUT2D eigenvalue weighted by atomic mass is 16.6. The molecule has 0 unspecified atom stereocenters. The standard InChI is InChI=1S/C9H5N5O2/c10-5-8(6-11)13-12-7-1-3-9(4-2-7)14(15)16/h1-4,8H/b13-12+. The molecule has 0 radical (unpaired) electrons. The van der Waals surface area contributed by atoms with Crippen molar-refractivity contribution in [3.8, 4) is 12.1 Å². The van der Waals surface area contributed by atoms with Crippen LogP contribution in [0.3, 0.4) is 0 Å². The van der Waals surface area contributed by atoms with Crippen LogP contribution in [0.15, 0.2) is 34.5 Å². The molecule has 0 aliphatic rings. The molecule has 0 heterocycles. The molecule has 7 heteroatoms. The first kappa shape index (κ1) is 11.3. The summed E-state index contributed by atoms with van der Waals surface area (Å²) in [5, 5.41) is 34.2. The third-order valence-corrected chi connectivity index (χ3v) is 1.59. The number of nitrogens with zero attached hydrogens (tertiary/aromatic N) is 5. The molecular formula is C9H5N5O2. The Labute approximate surface area is 90.4 Å². The summed E-state index contributed by atoms with van der Waals surface area (Å²) < 4.78 is 0. The molecule has 0 N–H and O–H groups in total. The van der Waals surface area contributed by atoms with Gasteiger partial charge in [0.05, 0.1) is 10.6 Å². The molecule has 0 atom stereocenters. The van der Waals surface area contributed by atoms with Gasteiger partial charge in [-0.05, 0) is 12.1 Å². The van der Waals surface area contributed by atoms with Gasteiger partial charge in [-0.3, -0.25) is 10.1 Å². The summed E-state index contributed by atoms with van der Waals surface area (Å²) in [6, 6.07) is 7.38. The van der Waals surface area contributed by atoms with Crippen molar-refractivity contribution in [2.45, 2.75) is 6.04 Å². The first-order valence-electron chi connectivity index (χ1n) is 4.12. The van der Waals surface area contributed by atoms with Crippen molar-refractivity contribution in [3.63, 3.8) is 0 Å². The molecule has 0 fully saturated rings. The summed E-state index contributed by atoms with van der Waals surface area (Å²) in [5.41, 5.74) is 0.289. The van der Waals surface area contributed by atoms with Crippen molar-refractivity contribution >= 4 is 11.4 Å². The summed E-state index contributed by atoms with van der Waals surface area (Å²) in [7, 11) is 0. The molecule has 0 saturated carbocycles. The second-order valence-electron chi connectivity index (χ2n) is 2.65. The van der Waals surface area contributed by atoms with E-state index in [1.165, 1.54) is 24.3 Å². The van der Waals surface area contributed by atoms with E-state index >= 15 is 0 Å². The van der Waals surface area contributed by atoms with Crippen LogP contribution in [0.2, 0.25) is 0 Å². The van der Waals surface area contributed by atoms with E-state index in [4.69, 9.17) is 10.5 Å². The average molecular weight is 215 g/mol. The molecule has 0 amide bonds. The van der Waals surface area contributed by atoms with Gasteiger partial charge in [-0.15, -0.1) is 0 Å². The van der Waals surface area contributed by atoms with E-state index in [-0.39, 0.29) is 5.69 Å². The highest BCUT2D eigenvalue weighted by molar-refractivity contribution is 5.43. The van der Waals surface area contributed by atoms with Crippen molar-refractivity contribution < 1.29 is 4.92 Å². The Bertz CT molecular complexity index is 480. The number of nitro groups is 1. The van der Waals surface area contributed by atoms with Crippen LogP contribution in [-0.4, -0.2) is 11.0 Å². The lowest BCUT2D eigenvalue weighted by atomic mass is 10.3. The Morgan fingerprint density at radius 3 is 2.25 bits per heavy atom. The van der Waals surface area contributed by atoms with E-state index in [0.29, 0.717) is 5.69 Å². The van der Waals surface area contributed by atoms with Gasteiger partial charge in [0.25, 0.3) is 5.69 Å². The molecule has 1 aromatic rings. The summed E-state index contributed by atoms with van der Waals surface area (Å²) in [6.45, 7) is 0. The fraction of sp³-hybridized carbons (Fsp3) is 0.111. The highest BCUT2D eigenvalue weighted by Crippen LogP contribution is 2.18. The van der Waals surface area contributed by atoms with E-state index in [2.05, 4.69) is 10.2 Å². The van der Waals surface area contributed by atoms with E-state index in [1.807, 2.05) is 0 Å². The van der Waals surface area contributed by atoms with E-state index in [9.17, 15) is 10.1 Å². The van der Waals surface area contributed by atoms with Gasteiger partial charge >= 0.3 is 0 Å². The number of azo groups is 1. The fourth-order valence-electron chi connectivity index (χ4n) is 0.846. The molecule has 1 rings (SSSR count). The Morgan fingerprint density at radius 1 is 1.25 bits per heavy atom. The Hall–Kier alpha value is -2.80. The van der Waals surface area contributed by atoms with Gasteiger partial charge < -0.3 is 0 Å². The summed E-state index contributed by atoms with van der Waals surface area (Å²) in [6.07, 6.45) is 0. The number of nitro benzene ring substituents is 1. The van der Waals surface area contributed by atoms with Crippen LogP contribution in [0.4, 0.5) is 11.4 Å². The first-order chi connectivity index (χ1) is 7.67. The van der Waals surface area contributed by atoms with Crippen molar-refractivity contribution in [1.29, 1.82) is 10.5 Å². The van der Waals surface area contributed by atoms with Gasteiger partial charge in [-0.25, -0.2) is 0 Å². The maximum Gasteiger partial charge on any atom is 0.269 e. The van der Waals surface area contributed by atoms with Gasteiger partial charge in [-0.1, -0.05) is 0 Å². The van der Waals surface area contributed by atoms with Crippen LogP contribution in [0.25, 0.3) is 0 Å². The number of non-ortho nitro benzene ring substituents is 1. The van der Waals surface area contributed by atoms with Gasteiger partial charge in [0.1, 0.15) is 12.1 Å². The monoisotopic (exact) mass is 215 g/mol. The van der Waals surface area contributed by atoms with E-state index in [1.54, 1.807) is 12.1 Å². The fourth-order valence-corrected chi connectivity index (χ4v) is 0.846. The quantitative estimate of drug-likeness (QED) is 0.436. The zero-order valence-electron chi connectivity index (χ0n) is 7.94. The van der Waals surface area contributed by atoms with Crippen LogP contribution in [-0.2, 0) is 0 Å². The maximum absolute atomic E-state index is 10.3. The Balaban J connectivity index is 2.81. The van der Waals surface area contributed by atoms with Crippen molar-refractivity contribution in [3.05, 3.63) is 34.4 Å². The van der Waals surface area contributed by atoms with Gasteiger partial charge in [0.15, 0.2) is 0 Å². The third-order valence-electron chi connectivity index (χ3n) is 1.59. The average Bonchev–Trinajstić information content (AvgIpc) is 2.31. The normalized spacial score (nSPS) is 9.94. The SMILES string of the molecule is N#CC(C#N)/N=N/c1ccc([N+](=O)[O-])cc1. The zero-order valence-corrected chi connectivity index (χ0v) is 7.94. The molecule has 0 aromatic heterocycles. The topological polar surface area (TPSA) is 115 Å². The van der Waals surface area contributed by atoms with Crippen molar-refractivity contribution in [2.75, 3.05) is 0 Å². The third kappa shape index (κ3) is 2.86. The first-order valence-corrected chi connectivity index (χ1v) is 4.12. The predicted octanol–water partition coefficient (Wildman–Crippen LogP) is 2.09. The molecule has 0 spiro atoms. The number of nitriles is 2. The van der Waals surface area contributed by atoms with Crippen molar-refractivity contribution in [2.24, 2.45) is 10.2 Å². The lowest BCUT2D eigenvalue weighted by Crippen LogP contribution is -1.92. The highest BCUT2D eigenvalue weighted by Gasteiger charge is 2.04. The number of rotatable bonds is 3. The summed E-state index contributed by atoms with van der Waals surface area (Å²) in [5.74, 6) is 0. The number of hydrogen-bond acceptors (Lipinski definition) is 6. The second kappa shape index (κ2) is 5.17. The number of hydrogen-bond donors (Lipinski definition) is 0. The van der Waals surface area contributed by atoms with Crippen LogP contribution in [0.1, 0.15) is 0 Å². The summed E-state index contributed by atoms with van der Waals surface area (Å²) in [4.78, 5) is 9.80. The molecule has 0 aliphatic heterocycles. The minimum Gasteiger partial charge on any atom is -0.258 e. The minimum absolute atomic E-state index is 0.0592. The second-order valence-corrected chi connectivity index (χ2v) is 2.65. The van der Waals surface area contributed by atoms with E-state index < -0.39 is 11.0 Å². The molecule has 78 valence electrons. The molecule has 0 saturated heterocycles. The summed E-state index contributed by atoms with van der Waals surface area (Å²) >= 11 is 0. The van der Waals surface area contributed by atoms with Crippen LogP contribution >= 0.6 is 0 Å². The van der Waals surface area contributed by atoms with Crippen molar-refractivity contribution in [1.82, 2.24) is 0 Å². The van der Waals surface area contributed by atoms with Gasteiger partial charge in [0, 0.05) is 12.1 Å². The molecular weight excluding hydrogens is 210 g/mol. The minimum atomic E-state index is -1.16. The van der Waals surface area contributed by atoms with E-state index in [0.717, 1.165) is 0 Å². The predicted molar refractivity (Wildman–Crippen MR) is 52.6 cm³/mol. The lowest BCUT2D eigenvalue weighted by molar-refractivity contribution is -0.384. The Kier molecular flexibility index (Phi) is 3.65. The van der Waals surface area contributed by atoms with Gasteiger partial charge in [-0.2, -0.15) is 20.8 Å². The molecule has 0 aliphatic carbocycles. The van der Waals surface area contributed by atoms with Gasteiger partial charge in [0.2, 0.25) is 6.04 Å². The Morgan fingerprint density at radius 2 is 1.81 bits per heavy atom. The number of benzene rings is 1. The largest absolute Gasteiger partial charge is 0.269 e. The lowest BCUT2D eigenvalue weighted by Gasteiger charge is -1.92. The molecule has 7 nitrogen and oxygen atoms in total. The zero-order chi connectivity index (χ0) is 12.0. The molecule has 16 heavy (non-hydrogen) atoms. The van der Waals surface area contributed by atoms with Crippen LogP contribution < -0.4 is 0 Å². The smallest absolute Gasteiger partial charge is 0.258 e.